The minimum Gasteiger partial charge on any atom is -0.349 e. The van der Waals surface area contributed by atoms with E-state index in [1.54, 1.807) is 0 Å². The van der Waals surface area contributed by atoms with Crippen molar-refractivity contribution < 1.29 is 9.47 Å². The molecule has 1 atom stereocenters. The van der Waals surface area contributed by atoms with E-state index >= 15 is 0 Å². The van der Waals surface area contributed by atoms with Gasteiger partial charge in [0.15, 0.2) is 6.29 Å². The van der Waals surface area contributed by atoms with E-state index in [-0.39, 0.29) is 6.29 Å². The van der Waals surface area contributed by atoms with Gasteiger partial charge in [0.2, 0.25) is 0 Å². The highest BCUT2D eigenvalue weighted by molar-refractivity contribution is 5.31. The van der Waals surface area contributed by atoms with E-state index in [0.29, 0.717) is 24.8 Å². The summed E-state index contributed by atoms with van der Waals surface area (Å²) in [7, 11) is 0. The van der Waals surface area contributed by atoms with Crippen LogP contribution in [-0.2, 0) is 16.0 Å². The highest BCUT2D eigenvalue weighted by Crippen LogP contribution is 2.25. The number of nitriles is 1. The Bertz CT molecular complexity index is 474. The lowest BCUT2D eigenvalue weighted by Crippen LogP contribution is -2.46. The molecule has 0 bridgehead atoms. The Morgan fingerprint density at radius 1 is 1.15 bits per heavy atom. The molecule has 0 saturated carbocycles. The maximum atomic E-state index is 8.84. The summed E-state index contributed by atoms with van der Waals surface area (Å²) >= 11 is 0. The van der Waals surface area contributed by atoms with Crippen LogP contribution in [0, 0.1) is 11.3 Å². The van der Waals surface area contributed by atoms with Crippen LogP contribution in [0.5, 0.6) is 0 Å². The Hall–Kier alpha value is -1.41. The van der Waals surface area contributed by atoms with Gasteiger partial charge in [-0.1, -0.05) is 18.6 Å². The average molecular weight is 272 g/mol. The van der Waals surface area contributed by atoms with Gasteiger partial charge in [-0.2, -0.15) is 5.26 Å². The standard InChI is InChI=1S/C16H20N2O2/c17-11-13-4-6-14(7-5-13)12-18-8-2-1-3-15(18)16-19-9-10-20-16/h4-7,15-16H,1-3,8-10,12H2/t15-/m0/s1. The summed E-state index contributed by atoms with van der Waals surface area (Å²) in [5.74, 6) is 0. The quantitative estimate of drug-likeness (QED) is 0.847. The van der Waals surface area contributed by atoms with Crippen molar-refractivity contribution in [1.29, 1.82) is 5.26 Å². The third-order valence-electron chi connectivity index (χ3n) is 4.09. The molecule has 2 fully saturated rings. The summed E-state index contributed by atoms with van der Waals surface area (Å²) in [6, 6.07) is 10.4. The monoisotopic (exact) mass is 272 g/mol. The van der Waals surface area contributed by atoms with Crippen LogP contribution < -0.4 is 0 Å². The predicted octanol–water partition coefficient (Wildman–Crippen LogP) is 2.29. The lowest BCUT2D eigenvalue weighted by Gasteiger charge is -2.38. The first kappa shape index (κ1) is 13.6. The summed E-state index contributed by atoms with van der Waals surface area (Å²) in [4.78, 5) is 2.46. The van der Waals surface area contributed by atoms with Crippen molar-refractivity contribution in [2.75, 3.05) is 19.8 Å². The van der Waals surface area contributed by atoms with Gasteiger partial charge >= 0.3 is 0 Å². The maximum Gasteiger partial charge on any atom is 0.173 e. The van der Waals surface area contributed by atoms with Gasteiger partial charge in [0.25, 0.3) is 0 Å². The number of ether oxygens (including phenoxy) is 2. The molecule has 106 valence electrons. The van der Waals surface area contributed by atoms with E-state index in [1.807, 2.05) is 24.3 Å². The number of benzene rings is 1. The largest absolute Gasteiger partial charge is 0.349 e. The van der Waals surface area contributed by atoms with Crippen molar-refractivity contribution in [2.45, 2.75) is 38.1 Å². The lowest BCUT2D eigenvalue weighted by atomic mass is 10.0. The molecule has 2 saturated heterocycles. The SMILES string of the molecule is N#Cc1ccc(CN2CCCC[C@H]2C2OCCO2)cc1. The van der Waals surface area contributed by atoms with Crippen LogP contribution in [0.4, 0.5) is 0 Å². The Morgan fingerprint density at radius 3 is 2.60 bits per heavy atom. The molecule has 2 aliphatic heterocycles. The number of hydrogen-bond acceptors (Lipinski definition) is 4. The van der Waals surface area contributed by atoms with Crippen molar-refractivity contribution in [3.63, 3.8) is 0 Å². The molecule has 0 spiro atoms. The fraction of sp³-hybridized carbons (Fsp3) is 0.562. The van der Waals surface area contributed by atoms with Gasteiger partial charge in [-0.25, -0.2) is 0 Å². The molecule has 2 aliphatic rings. The summed E-state index contributed by atoms with van der Waals surface area (Å²) in [6.07, 6.45) is 3.56. The van der Waals surface area contributed by atoms with Gasteiger partial charge in [0.1, 0.15) is 0 Å². The molecule has 0 amide bonds. The third-order valence-corrected chi connectivity index (χ3v) is 4.09. The van der Waals surface area contributed by atoms with Gasteiger partial charge in [-0.3, -0.25) is 4.90 Å². The lowest BCUT2D eigenvalue weighted by molar-refractivity contribution is -0.111. The van der Waals surface area contributed by atoms with Crippen LogP contribution in [0.15, 0.2) is 24.3 Å². The van der Waals surface area contributed by atoms with E-state index in [4.69, 9.17) is 14.7 Å². The Labute approximate surface area is 119 Å². The van der Waals surface area contributed by atoms with Crippen molar-refractivity contribution in [1.82, 2.24) is 4.90 Å². The molecule has 20 heavy (non-hydrogen) atoms. The summed E-state index contributed by atoms with van der Waals surface area (Å²) in [6.45, 7) is 3.42. The number of hydrogen-bond donors (Lipinski definition) is 0. The number of nitrogens with zero attached hydrogens (tertiary/aromatic N) is 2. The Morgan fingerprint density at radius 2 is 1.90 bits per heavy atom. The zero-order chi connectivity index (χ0) is 13.8. The molecule has 1 aromatic carbocycles. The second-order valence-corrected chi connectivity index (χ2v) is 5.45. The normalized spacial score (nSPS) is 24.6. The van der Waals surface area contributed by atoms with Gasteiger partial charge in [-0.05, 0) is 37.1 Å². The van der Waals surface area contributed by atoms with Crippen molar-refractivity contribution in [2.24, 2.45) is 0 Å². The first-order valence-electron chi connectivity index (χ1n) is 7.33. The highest BCUT2D eigenvalue weighted by atomic mass is 16.7. The first-order chi connectivity index (χ1) is 9.86. The van der Waals surface area contributed by atoms with Gasteiger partial charge in [-0.15, -0.1) is 0 Å². The minimum absolute atomic E-state index is 0.0614. The maximum absolute atomic E-state index is 8.84. The molecule has 4 nitrogen and oxygen atoms in total. The predicted molar refractivity (Wildman–Crippen MR) is 74.9 cm³/mol. The van der Waals surface area contributed by atoms with Gasteiger partial charge in [0, 0.05) is 6.54 Å². The van der Waals surface area contributed by atoms with Crippen molar-refractivity contribution >= 4 is 0 Å². The third kappa shape index (κ3) is 3.01. The average Bonchev–Trinajstić information content (AvgIpc) is 3.03. The van der Waals surface area contributed by atoms with Crippen LogP contribution in [0.3, 0.4) is 0 Å². The molecule has 0 N–H and O–H groups in total. The smallest absolute Gasteiger partial charge is 0.173 e. The van der Waals surface area contributed by atoms with Crippen LogP contribution in [0.25, 0.3) is 0 Å². The summed E-state index contributed by atoms with van der Waals surface area (Å²) in [5.41, 5.74) is 1.96. The molecule has 0 unspecified atom stereocenters. The molecular weight excluding hydrogens is 252 g/mol. The van der Waals surface area contributed by atoms with Crippen LogP contribution >= 0.6 is 0 Å². The number of rotatable bonds is 3. The molecule has 0 radical (unpaired) electrons. The molecule has 0 aliphatic carbocycles. The summed E-state index contributed by atoms with van der Waals surface area (Å²) in [5, 5.41) is 8.84. The second-order valence-electron chi connectivity index (χ2n) is 5.45. The van der Waals surface area contributed by atoms with E-state index in [9.17, 15) is 0 Å². The van der Waals surface area contributed by atoms with Crippen LogP contribution in [0.2, 0.25) is 0 Å². The topological polar surface area (TPSA) is 45.5 Å². The zero-order valence-corrected chi connectivity index (χ0v) is 11.6. The van der Waals surface area contributed by atoms with E-state index in [0.717, 1.165) is 19.5 Å². The van der Waals surface area contributed by atoms with Crippen molar-refractivity contribution in [3.8, 4) is 6.07 Å². The van der Waals surface area contributed by atoms with E-state index < -0.39 is 0 Å². The van der Waals surface area contributed by atoms with E-state index in [2.05, 4.69) is 11.0 Å². The first-order valence-corrected chi connectivity index (χ1v) is 7.33. The van der Waals surface area contributed by atoms with Gasteiger partial charge in [0.05, 0.1) is 30.9 Å². The van der Waals surface area contributed by atoms with Crippen molar-refractivity contribution in [3.05, 3.63) is 35.4 Å². The molecular formula is C16H20N2O2. The molecule has 2 heterocycles. The van der Waals surface area contributed by atoms with Crippen LogP contribution in [-0.4, -0.2) is 37.0 Å². The van der Waals surface area contributed by atoms with E-state index in [1.165, 1.54) is 18.4 Å². The fourth-order valence-corrected chi connectivity index (χ4v) is 3.04. The molecule has 3 rings (SSSR count). The molecule has 0 aromatic heterocycles. The number of likely N-dealkylation sites (tertiary alicyclic amines) is 1. The molecule has 1 aromatic rings. The van der Waals surface area contributed by atoms with Gasteiger partial charge < -0.3 is 9.47 Å². The molecule has 4 heteroatoms. The highest BCUT2D eigenvalue weighted by Gasteiger charge is 2.33. The second kappa shape index (κ2) is 6.36. The zero-order valence-electron chi connectivity index (χ0n) is 11.6. The Kier molecular flexibility index (Phi) is 4.31. The summed E-state index contributed by atoms with van der Waals surface area (Å²) < 4.78 is 11.4. The minimum atomic E-state index is -0.0614. The fourth-order valence-electron chi connectivity index (χ4n) is 3.04. The number of piperidine rings is 1. The Balaban J connectivity index is 1.68. The van der Waals surface area contributed by atoms with Crippen LogP contribution in [0.1, 0.15) is 30.4 Å².